The first-order valence-electron chi connectivity index (χ1n) is 8.93. The predicted octanol–water partition coefficient (Wildman–Crippen LogP) is 3.38. The lowest BCUT2D eigenvalue weighted by Gasteiger charge is -2.17. The van der Waals surface area contributed by atoms with E-state index in [0.717, 1.165) is 29.8 Å². The first-order chi connectivity index (χ1) is 12.5. The van der Waals surface area contributed by atoms with Gasteiger partial charge in [-0.2, -0.15) is 0 Å². The van der Waals surface area contributed by atoms with Crippen LogP contribution in [0.2, 0.25) is 0 Å². The third-order valence-corrected chi connectivity index (χ3v) is 4.62. The second kappa shape index (κ2) is 8.04. The van der Waals surface area contributed by atoms with Gasteiger partial charge < -0.3 is 15.0 Å². The molecule has 0 radical (unpaired) electrons. The molecule has 1 atom stereocenters. The fraction of sp³-hybridized carbons (Fsp3) is 0.333. The summed E-state index contributed by atoms with van der Waals surface area (Å²) in [7, 11) is 0. The molecule has 2 aromatic carbocycles. The number of hydrogen-bond acceptors (Lipinski definition) is 3. The highest BCUT2D eigenvalue weighted by Crippen LogP contribution is 2.24. The topological polar surface area (TPSA) is 58.6 Å². The largest absolute Gasteiger partial charge is 0.484 e. The molecule has 1 N–H and O–H groups in total. The third kappa shape index (κ3) is 4.23. The van der Waals surface area contributed by atoms with E-state index in [1.54, 1.807) is 17.0 Å². The van der Waals surface area contributed by atoms with Gasteiger partial charge in [-0.25, -0.2) is 0 Å². The van der Waals surface area contributed by atoms with E-state index in [0.29, 0.717) is 12.2 Å². The molecule has 0 aliphatic carbocycles. The molecule has 3 rings (SSSR count). The normalized spacial score (nSPS) is 15.0. The van der Waals surface area contributed by atoms with Gasteiger partial charge in [-0.1, -0.05) is 24.3 Å². The van der Waals surface area contributed by atoms with Crippen LogP contribution in [0, 0.1) is 6.92 Å². The number of nitrogens with zero attached hydrogens (tertiary/aromatic N) is 1. The highest BCUT2D eigenvalue weighted by Gasteiger charge is 2.21. The van der Waals surface area contributed by atoms with Crippen molar-refractivity contribution in [2.75, 3.05) is 18.1 Å². The van der Waals surface area contributed by atoms with Crippen LogP contribution < -0.4 is 15.0 Å². The molecular weight excluding hydrogens is 328 g/mol. The Morgan fingerprint density at radius 1 is 1.19 bits per heavy atom. The van der Waals surface area contributed by atoms with E-state index >= 15 is 0 Å². The molecule has 1 aliphatic rings. The quantitative estimate of drug-likeness (QED) is 0.867. The molecule has 0 aromatic heterocycles. The van der Waals surface area contributed by atoms with Crippen LogP contribution >= 0.6 is 0 Å². The maximum Gasteiger partial charge on any atom is 0.258 e. The summed E-state index contributed by atoms with van der Waals surface area (Å²) in [6.07, 6.45) is 1.51. The van der Waals surface area contributed by atoms with Crippen LogP contribution in [0.15, 0.2) is 48.5 Å². The third-order valence-electron chi connectivity index (χ3n) is 4.62. The maximum atomic E-state index is 12.1. The van der Waals surface area contributed by atoms with Gasteiger partial charge in [0.15, 0.2) is 6.61 Å². The van der Waals surface area contributed by atoms with Crippen molar-refractivity contribution < 1.29 is 14.3 Å². The van der Waals surface area contributed by atoms with E-state index in [1.807, 2.05) is 50.2 Å². The Morgan fingerprint density at radius 2 is 1.92 bits per heavy atom. The molecule has 0 unspecified atom stereocenters. The van der Waals surface area contributed by atoms with Gasteiger partial charge in [0.25, 0.3) is 5.91 Å². The van der Waals surface area contributed by atoms with Crippen LogP contribution in [0.4, 0.5) is 5.69 Å². The van der Waals surface area contributed by atoms with Gasteiger partial charge in [-0.15, -0.1) is 0 Å². The highest BCUT2D eigenvalue weighted by atomic mass is 16.5. The van der Waals surface area contributed by atoms with Crippen LogP contribution in [0.5, 0.6) is 5.75 Å². The Morgan fingerprint density at radius 3 is 2.58 bits per heavy atom. The number of rotatable bonds is 6. The van der Waals surface area contributed by atoms with Crippen LogP contribution in [0.1, 0.15) is 36.9 Å². The molecule has 2 aromatic rings. The smallest absolute Gasteiger partial charge is 0.258 e. The number of carbonyl (C=O) groups excluding carboxylic acids is 2. The van der Waals surface area contributed by atoms with Crippen molar-refractivity contribution in [3.8, 4) is 5.75 Å². The Bertz CT molecular complexity index is 786. The van der Waals surface area contributed by atoms with Crippen molar-refractivity contribution in [1.29, 1.82) is 0 Å². The molecule has 1 saturated heterocycles. The Labute approximate surface area is 154 Å². The average molecular weight is 352 g/mol. The van der Waals surface area contributed by atoms with Gasteiger partial charge in [0, 0.05) is 18.7 Å². The first-order valence-corrected chi connectivity index (χ1v) is 8.93. The Kier molecular flexibility index (Phi) is 5.56. The number of carbonyl (C=O) groups is 2. The number of nitrogens with one attached hydrogen (secondary N) is 1. The van der Waals surface area contributed by atoms with Gasteiger partial charge in [0.1, 0.15) is 5.75 Å². The lowest BCUT2D eigenvalue weighted by molar-refractivity contribution is -0.123. The molecule has 0 bridgehead atoms. The van der Waals surface area contributed by atoms with Crippen molar-refractivity contribution >= 4 is 17.5 Å². The zero-order chi connectivity index (χ0) is 18.5. The average Bonchev–Trinajstić information content (AvgIpc) is 3.06. The molecule has 1 fully saturated rings. The SMILES string of the molecule is Cc1ccccc1[C@@H](C)NC(=O)COc1ccc(N2CCCC2=O)cc1. The highest BCUT2D eigenvalue weighted by molar-refractivity contribution is 5.95. The van der Waals surface area contributed by atoms with Crippen molar-refractivity contribution in [3.63, 3.8) is 0 Å². The van der Waals surface area contributed by atoms with E-state index in [2.05, 4.69) is 5.32 Å². The summed E-state index contributed by atoms with van der Waals surface area (Å²) in [5.74, 6) is 0.599. The lowest BCUT2D eigenvalue weighted by atomic mass is 10.0. The fourth-order valence-electron chi connectivity index (χ4n) is 3.23. The van der Waals surface area contributed by atoms with E-state index < -0.39 is 0 Å². The van der Waals surface area contributed by atoms with Gasteiger partial charge in [0.05, 0.1) is 6.04 Å². The van der Waals surface area contributed by atoms with Crippen LogP contribution in [-0.2, 0) is 9.59 Å². The maximum absolute atomic E-state index is 12.1. The summed E-state index contributed by atoms with van der Waals surface area (Å²) >= 11 is 0. The van der Waals surface area contributed by atoms with Crippen LogP contribution in [0.3, 0.4) is 0 Å². The molecule has 0 spiro atoms. The number of benzene rings is 2. The van der Waals surface area contributed by atoms with Crippen molar-refractivity contribution in [3.05, 3.63) is 59.7 Å². The van der Waals surface area contributed by atoms with E-state index in [9.17, 15) is 9.59 Å². The van der Waals surface area contributed by atoms with E-state index in [1.165, 1.54) is 0 Å². The summed E-state index contributed by atoms with van der Waals surface area (Å²) < 4.78 is 5.56. The molecule has 1 heterocycles. The standard InChI is InChI=1S/C21H24N2O3/c1-15-6-3-4-7-19(15)16(2)22-20(24)14-26-18-11-9-17(10-12-18)23-13-5-8-21(23)25/h3-4,6-7,9-12,16H,5,8,13-14H2,1-2H3,(H,22,24)/t16-/m1/s1. The zero-order valence-corrected chi connectivity index (χ0v) is 15.2. The van der Waals surface area contributed by atoms with Crippen molar-refractivity contribution in [2.24, 2.45) is 0 Å². The number of hydrogen-bond donors (Lipinski definition) is 1. The number of ether oxygens (including phenoxy) is 1. The summed E-state index contributed by atoms with van der Waals surface area (Å²) in [6, 6.07) is 15.2. The molecule has 2 amide bonds. The number of amides is 2. The first kappa shape index (κ1) is 18.0. The second-order valence-electron chi connectivity index (χ2n) is 6.58. The van der Waals surface area contributed by atoms with Crippen LogP contribution in [0.25, 0.3) is 0 Å². The predicted molar refractivity (Wildman–Crippen MR) is 101 cm³/mol. The molecule has 5 heteroatoms. The van der Waals surface area contributed by atoms with Gasteiger partial charge in [-0.05, 0) is 55.7 Å². The monoisotopic (exact) mass is 352 g/mol. The minimum atomic E-state index is -0.167. The second-order valence-corrected chi connectivity index (χ2v) is 6.58. The van der Waals surface area contributed by atoms with E-state index in [-0.39, 0.29) is 24.5 Å². The summed E-state index contributed by atoms with van der Waals surface area (Å²) in [5.41, 5.74) is 3.12. The minimum absolute atomic E-state index is 0.0434. The van der Waals surface area contributed by atoms with Crippen molar-refractivity contribution in [2.45, 2.75) is 32.7 Å². The Hall–Kier alpha value is -2.82. The summed E-state index contributed by atoms with van der Waals surface area (Å²) in [5, 5.41) is 2.95. The number of anilines is 1. The number of aryl methyl sites for hydroxylation is 1. The van der Waals surface area contributed by atoms with Gasteiger partial charge in [0.2, 0.25) is 5.91 Å². The fourth-order valence-corrected chi connectivity index (χ4v) is 3.23. The lowest BCUT2D eigenvalue weighted by Crippen LogP contribution is -2.31. The summed E-state index contributed by atoms with van der Waals surface area (Å²) in [4.78, 5) is 25.7. The Balaban J connectivity index is 1.51. The molecule has 5 nitrogen and oxygen atoms in total. The van der Waals surface area contributed by atoms with Gasteiger partial charge in [-0.3, -0.25) is 9.59 Å². The van der Waals surface area contributed by atoms with E-state index in [4.69, 9.17) is 4.74 Å². The minimum Gasteiger partial charge on any atom is -0.484 e. The zero-order valence-electron chi connectivity index (χ0n) is 15.2. The molecule has 136 valence electrons. The molecular formula is C21H24N2O3. The van der Waals surface area contributed by atoms with Crippen LogP contribution in [-0.4, -0.2) is 25.0 Å². The van der Waals surface area contributed by atoms with Gasteiger partial charge >= 0.3 is 0 Å². The summed E-state index contributed by atoms with van der Waals surface area (Å²) in [6.45, 7) is 4.71. The van der Waals surface area contributed by atoms with Crippen molar-refractivity contribution in [1.82, 2.24) is 5.32 Å². The molecule has 26 heavy (non-hydrogen) atoms. The molecule has 0 saturated carbocycles. The molecule has 1 aliphatic heterocycles.